The van der Waals surface area contributed by atoms with Gasteiger partial charge in [-0.3, -0.25) is 14.2 Å². The zero-order chi connectivity index (χ0) is 20.5. The highest BCUT2D eigenvalue weighted by Crippen LogP contribution is 2.22. The molecule has 0 saturated carbocycles. The van der Waals surface area contributed by atoms with Crippen molar-refractivity contribution in [3.63, 3.8) is 0 Å². The fourth-order valence-corrected chi connectivity index (χ4v) is 4.21. The Kier molecular flexibility index (Phi) is 5.08. The molecule has 0 bridgehead atoms. The number of hydrogen-bond donors (Lipinski definition) is 1. The van der Waals surface area contributed by atoms with E-state index in [1.54, 1.807) is 60.7 Å². The number of anilines is 1. The summed E-state index contributed by atoms with van der Waals surface area (Å²) in [5.74, 6) is -0.375. The predicted octanol–water partition coefficient (Wildman–Crippen LogP) is 3.81. The summed E-state index contributed by atoms with van der Waals surface area (Å²) >= 11 is 7.18. The van der Waals surface area contributed by atoms with Crippen molar-refractivity contribution >= 4 is 44.7 Å². The highest BCUT2D eigenvalue weighted by atomic mass is 35.5. The highest BCUT2D eigenvalue weighted by molar-refractivity contribution is 7.18. The van der Waals surface area contributed by atoms with Gasteiger partial charge in [-0.05, 0) is 49.4 Å². The van der Waals surface area contributed by atoms with Gasteiger partial charge in [-0.15, -0.1) is 11.3 Å². The smallest absolute Gasteiger partial charge is 0.325 e. The SMILES string of the molecule is Cc1cc2c(=O)n(-c3ccccc3)c(=O)n(CC(=O)Nc3ccc(Cl)cc3)c2s1. The van der Waals surface area contributed by atoms with Crippen LogP contribution in [0.4, 0.5) is 5.69 Å². The van der Waals surface area contributed by atoms with E-state index in [0.29, 0.717) is 26.6 Å². The van der Waals surface area contributed by atoms with E-state index < -0.39 is 11.2 Å². The topological polar surface area (TPSA) is 73.1 Å². The molecule has 2 aromatic heterocycles. The first kappa shape index (κ1) is 19.2. The molecule has 0 spiro atoms. The molecule has 0 fully saturated rings. The number of aromatic nitrogens is 2. The summed E-state index contributed by atoms with van der Waals surface area (Å²) in [5, 5.41) is 3.72. The number of nitrogens with one attached hydrogen (secondary N) is 1. The van der Waals surface area contributed by atoms with Crippen molar-refractivity contribution in [2.45, 2.75) is 13.5 Å². The second-order valence-electron chi connectivity index (χ2n) is 6.48. The molecule has 0 aliphatic carbocycles. The van der Waals surface area contributed by atoms with E-state index in [-0.39, 0.29) is 12.5 Å². The van der Waals surface area contributed by atoms with Crippen LogP contribution in [-0.4, -0.2) is 15.0 Å². The van der Waals surface area contributed by atoms with Crippen molar-refractivity contribution < 1.29 is 4.79 Å². The Balaban J connectivity index is 1.81. The zero-order valence-corrected chi connectivity index (χ0v) is 17.0. The van der Waals surface area contributed by atoms with Gasteiger partial charge in [-0.2, -0.15) is 0 Å². The third-order valence-electron chi connectivity index (χ3n) is 4.38. The molecular weight excluding hydrogens is 410 g/mol. The molecule has 1 N–H and O–H groups in total. The molecule has 0 aliphatic rings. The molecule has 6 nitrogen and oxygen atoms in total. The van der Waals surface area contributed by atoms with Crippen molar-refractivity contribution in [1.29, 1.82) is 0 Å². The molecule has 29 heavy (non-hydrogen) atoms. The highest BCUT2D eigenvalue weighted by Gasteiger charge is 2.18. The maximum Gasteiger partial charge on any atom is 0.337 e. The number of nitrogens with zero attached hydrogens (tertiary/aromatic N) is 2. The van der Waals surface area contributed by atoms with Crippen LogP contribution in [0, 0.1) is 6.92 Å². The lowest BCUT2D eigenvalue weighted by molar-refractivity contribution is -0.116. The van der Waals surface area contributed by atoms with Gasteiger partial charge in [0.05, 0.1) is 11.1 Å². The first-order valence-corrected chi connectivity index (χ1v) is 10.0. The Morgan fingerprint density at radius 1 is 1.07 bits per heavy atom. The number of para-hydroxylation sites is 1. The largest absolute Gasteiger partial charge is 0.337 e. The van der Waals surface area contributed by atoms with Gasteiger partial charge in [0.2, 0.25) is 5.91 Å². The van der Waals surface area contributed by atoms with E-state index in [9.17, 15) is 14.4 Å². The van der Waals surface area contributed by atoms with Crippen molar-refractivity contribution in [1.82, 2.24) is 9.13 Å². The summed E-state index contributed by atoms with van der Waals surface area (Å²) in [6.45, 7) is 1.64. The fourth-order valence-electron chi connectivity index (χ4n) is 3.09. The number of halogens is 1. The summed E-state index contributed by atoms with van der Waals surface area (Å²) in [7, 11) is 0. The molecule has 8 heteroatoms. The molecule has 4 rings (SSSR count). The lowest BCUT2D eigenvalue weighted by Gasteiger charge is -2.12. The van der Waals surface area contributed by atoms with Crippen LogP contribution in [0.5, 0.6) is 0 Å². The molecule has 2 heterocycles. The summed E-state index contributed by atoms with van der Waals surface area (Å²) < 4.78 is 2.44. The van der Waals surface area contributed by atoms with E-state index in [4.69, 9.17) is 11.6 Å². The number of thiophene rings is 1. The van der Waals surface area contributed by atoms with Gasteiger partial charge in [0, 0.05) is 15.6 Å². The summed E-state index contributed by atoms with van der Waals surface area (Å²) in [6.07, 6.45) is 0. The maximum absolute atomic E-state index is 13.2. The van der Waals surface area contributed by atoms with Gasteiger partial charge in [0.1, 0.15) is 11.4 Å². The minimum absolute atomic E-state index is 0.217. The zero-order valence-electron chi connectivity index (χ0n) is 15.4. The molecule has 146 valence electrons. The molecule has 0 unspecified atom stereocenters. The third kappa shape index (κ3) is 3.74. The van der Waals surface area contributed by atoms with Crippen molar-refractivity contribution in [3.05, 3.63) is 91.4 Å². The summed E-state index contributed by atoms with van der Waals surface area (Å²) in [6, 6.07) is 17.1. The first-order chi connectivity index (χ1) is 13.9. The predicted molar refractivity (Wildman–Crippen MR) is 117 cm³/mol. The molecule has 1 amide bonds. The fraction of sp³-hybridized carbons (Fsp3) is 0.0952. The van der Waals surface area contributed by atoms with E-state index in [1.807, 2.05) is 6.92 Å². The molecule has 0 radical (unpaired) electrons. The Bertz CT molecular complexity index is 1320. The number of benzene rings is 2. The Hall–Kier alpha value is -3.16. The average Bonchev–Trinajstić information content (AvgIpc) is 3.10. The molecular formula is C21H16ClN3O3S. The minimum atomic E-state index is -0.554. The van der Waals surface area contributed by atoms with E-state index in [1.165, 1.54) is 15.9 Å². The third-order valence-corrected chi connectivity index (χ3v) is 5.71. The van der Waals surface area contributed by atoms with Crippen LogP contribution in [0.15, 0.2) is 70.3 Å². The summed E-state index contributed by atoms with van der Waals surface area (Å²) in [5.41, 5.74) is 0.0826. The standard InChI is InChI=1S/C21H16ClN3O3S/c1-13-11-17-19(27)25(16-5-3-2-4-6-16)21(28)24(20(17)29-13)12-18(26)23-15-9-7-14(22)8-10-15/h2-11H,12H2,1H3,(H,23,26). The van der Waals surface area contributed by atoms with Crippen LogP contribution in [0.2, 0.25) is 5.02 Å². The van der Waals surface area contributed by atoms with Crippen LogP contribution in [0.1, 0.15) is 4.88 Å². The number of fused-ring (bicyclic) bond motifs is 1. The second-order valence-corrected chi connectivity index (χ2v) is 8.15. The van der Waals surface area contributed by atoms with Gasteiger partial charge in [-0.25, -0.2) is 9.36 Å². The monoisotopic (exact) mass is 425 g/mol. The quantitative estimate of drug-likeness (QED) is 0.540. The van der Waals surface area contributed by atoms with E-state index >= 15 is 0 Å². The second kappa shape index (κ2) is 7.69. The van der Waals surface area contributed by atoms with Crippen LogP contribution in [-0.2, 0) is 11.3 Å². The summed E-state index contributed by atoms with van der Waals surface area (Å²) in [4.78, 5) is 40.1. The van der Waals surface area contributed by atoms with Crippen molar-refractivity contribution in [3.8, 4) is 5.69 Å². The minimum Gasteiger partial charge on any atom is -0.325 e. The average molecular weight is 426 g/mol. The normalized spacial score (nSPS) is 11.0. The number of carbonyl (C=O) groups is 1. The lowest BCUT2D eigenvalue weighted by atomic mass is 10.3. The first-order valence-electron chi connectivity index (χ1n) is 8.81. The molecule has 0 atom stereocenters. The van der Waals surface area contributed by atoms with Crippen LogP contribution in [0.25, 0.3) is 15.9 Å². The molecule has 0 aliphatic heterocycles. The molecule has 0 saturated heterocycles. The Morgan fingerprint density at radius 2 is 1.76 bits per heavy atom. The van der Waals surface area contributed by atoms with E-state index in [0.717, 1.165) is 9.44 Å². The number of aryl methyl sites for hydroxylation is 1. The Labute approximate surface area is 174 Å². The van der Waals surface area contributed by atoms with Gasteiger partial charge in [-0.1, -0.05) is 29.8 Å². The van der Waals surface area contributed by atoms with Gasteiger partial charge < -0.3 is 5.32 Å². The number of hydrogen-bond acceptors (Lipinski definition) is 4. The van der Waals surface area contributed by atoms with Crippen molar-refractivity contribution in [2.24, 2.45) is 0 Å². The Morgan fingerprint density at radius 3 is 2.45 bits per heavy atom. The van der Waals surface area contributed by atoms with Gasteiger partial charge >= 0.3 is 5.69 Å². The lowest BCUT2D eigenvalue weighted by Crippen LogP contribution is -2.40. The number of carbonyl (C=O) groups excluding carboxylic acids is 1. The number of rotatable bonds is 4. The van der Waals surface area contributed by atoms with Crippen molar-refractivity contribution in [2.75, 3.05) is 5.32 Å². The van der Waals surface area contributed by atoms with Gasteiger partial charge in [0.25, 0.3) is 5.56 Å². The van der Waals surface area contributed by atoms with Gasteiger partial charge in [0.15, 0.2) is 0 Å². The van der Waals surface area contributed by atoms with Crippen LogP contribution >= 0.6 is 22.9 Å². The van der Waals surface area contributed by atoms with Crippen LogP contribution < -0.4 is 16.6 Å². The van der Waals surface area contributed by atoms with Crippen LogP contribution in [0.3, 0.4) is 0 Å². The molecule has 2 aromatic carbocycles. The van der Waals surface area contributed by atoms with E-state index in [2.05, 4.69) is 5.32 Å². The number of amides is 1. The maximum atomic E-state index is 13.2. The molecule has 4 aromatic rings.